The van der Waals surface area contributed by atoms with Crippen LogP contribution in [0.4, 0.5) is 15.8 Å². The van der Waals surface area contributed by atoms with Gasteiger partial charge in [0.15, 0.2) is 0 Å². The lowest BCUT2D eigenvalue weighted by atomic mass is 10.0. The zero-order chi connectivity index (χ0) is 24.0. The molecule has 176 valence electrons. The average molecular weight is 500 g/mol. The first kappa shape index (κ1) is 22.7. The van der Waals surface area contributed by atoms with Crippen molar-refractivity contribution in [2.24, 2.45) is 0 Å². The monoisotopic (exact) mass is 499 g/mol. The van der Waals surface area contributed by atoms with Crippen LogP contribution < -0.4 is 9.21 Å². The zero-order valence-corrected chi connectivity index (χ0v) is 20.1. The third kappa shape index (κ3) is 3.91. The molecule has 0 atom stereocenters. The van der Waals surface area contributed by atoms with E-state index >= 15 is 0 Å². The Kier molecular flexibility index (Phi) is 5.73. The van der Waals surface area contributed by atoms with Gasteiger partial charge in [0, 0.05) is 48.0 Å². The van der Waals surface area contributed by atoms with Crippen LogP contribution in [0.5, 0.6) is 0 Å². The lowest BCUT2D eigenvalue weighted by Crippen LogP contribution is -2.52. The Balaban J connectivity index is 1.38. The lowest BCUT2D eigenvalue weighted by molar-refractivity contribution is -0.129. The second-order valence-electron chi connectivity index (χ2n) is 8.47. The van der Waals surface area contributed by atoms with Crippen LogP contribution >= 0.6 is 11.6 Å². The minimum atomic E-state index is -3.97. The number of halogens is 2. The number of carbonyl (C=O) groups excluding carboxylic acids is 1. The van der Waals surface area contributed by atoms with Crippen molar-refractivity contribution in [3.63, 3.8) is 0 Å². The van der Waals surface area contributed by atoms with Crippen LogP contribution in [0.1, 0.15) is 5.56 Å². The van der Waals surface area contributed by atoms with E-state index in [1.54, 1.807) is 23.1 Å². The van der Waals surface area contributed by atoms with Gasteiger partial charge in [-0.25, -0.2) is 12.8 Å². The SMILES string of the molecule is Cc1ccc(Cl)cc1N1CCN(C(=O)CN2c3ccc(F)cc3-c3ccccc3S2(=O)=O)CC1. The Labute approximate surface area is 203 Å². The van der Waals surface area contributed by atoms with Crippen molar-refractivity contribution in [3.8, 4) is 11.1 Å². The van der Waals surface area contributed by atoms with E-state index in [0.717, 1.165) is 15.6 Å². The molecule has 0 spiro atoms. The number of piperazine rings is 1. The highest BCUT2D eigenvalue weighted by Crippen LogP contribution is 2.43. The first-order valence-electron chi connectivity index (χ1n) is 11.0. The summed E-state index contributed by atoms with van der Waals surface area (Å²) in [6.07, 6.45) is 0. The second-order valence-corrected chi connectivity index (χ2v) is 10.7. The summed E-state index contributed by atoms with van der Waals surface area (Å²) in [7, 11) is -3.97. The Morgan fingerprint density at radius 1 is 0.941 bits per heavy atom. The Bertz CT molecular complexity index is 1390. The standard InChI is InChI=1S/C25H23ClFN3O3S/c1-17-6-7-18(26)14-23(17)28-10-12-29(13-11-28)25(31)16-30-22-9-8-19(27)15-21(22)20-4-2-3-5-24(20)34(30,32)33/h2-9,14-15H,10-13,16H2,1H3. The summed E-state index contributed by atoms with van der Waals surface area (Å²) in [5, 5.41) is 0.657. The molecule has 1 amide bonds. The number of fused-ring (bicyclic) bond motifs is 3. The van der Waals surface area contributed by atoms with Gasteiger partial charge in [-0.1, -0.05) is 35.9 Å². The van der Waals surface area contributed by atoms with E-state index in [0.29, 0.717) is 48.0 Å². The van der Waals surface area contributed by atoms with E-state index < -0.39 is 15.8 Å². The molecular formula is C25H23ClFN3O3S. The molecule has 0 unspecified atom stereocenters. The maximum absolute atomic E-state index is 14.0. The summed E-state index contributed by atoms with van der Waals surface area (Å²) in [5.41, 5.74) is 3.34. The molecule has 2 aliphatic rings. The topological polar surface area (TPSA) is 60.9 Å². The highest BCUT2D eigenvalue weighted by Gasteiger charge is 2.37. The van der Waals surface area contributed by atoms with Gasteiger partial charge in [0.2, 0.25) is 5.91 Å². The molecule has 9 heteroatoms. The summed E-state index contributed by atoms with van der Waals surface area (Å²) >= 11 is 6.16. The molecule has 0 N–H and O–H groups in total. The number of nitrogens with zero attached hydrogens (tertiary/aromatic N) is 3. The molecule has 1 fully saturated rings. The molecule has 0 radical (unpaired) electrons. The molecule has 5 rings (SSSR count). The molecule has 0 aliphatic carbocycles. The number of aryl methyl sites for hydroxylation is 1. The predicted octanol–water partition coefficient (Wildman–Crippen LogP) is 4.31. The molecule has 1 saturated heterocycles. The first-order chi connectivity index (χ1) is 16.3. The van der Waals surface area contributed by atoms with E-state index in [2.05, 4.69) is 4.90 Å². The van der Waals surface area contributed by atoms with Crippen LogP contribution in [0.15, 0.2) is 65.6 Å². The number of hydrogen-bond acceptors (Lipinski definition) is 4. The first-order valence-corrected chi connectivity index (χ1v) is 12.8. The summed E-state index contributed by atoms with van der Waals surface area (Å²) in [4.78, 5) is 17.1. The van der Waals surface area contributed by atoms with Gasteiger partial charge in [0.25, 0.3) is 10.0 Å². The number of amides is 1. The molecule has 0 saturated carbocycles. The van der Waals surface area contributed by atoms with Crippen molar-refractivity contribution >= 4 is 38.9 Å². The van der Waals surface area contributed by atoms with Crippen LogP contribution in [0, 0.1) is 12.7 Å². The lowest BCUT2D eigenvalue weighted by Gasteiger charge is -2.38. The number of benzene rings is 3. The van der Waals surface area contributed by atoms with E-state index in [9.17, 15) is 17.6 Å². The third-order valence-corrected chi connectivity index (χ3v) is 8.45. The third-order valence-electron chi connectivity index (χ3n) is 6.40. The highest BCUT2D eigenvalue weighted by atomic mass is 35.5. The molecule has 2 heterocycles. The van der Waals surface area contributed by atoms with Gasteiger partial charge in [-0.15, -0.1) is 0 Å². The average Bonchev–Trinajstić information content (AvgIpc) is 2.83. The van der Waals surface area contributed by atoms with Gasteiger partial charge in [-0.3, -0.25) is 9.10 Å². The zero-order valence-electron chi connectivity index (χ0n) is 18.5. The maximum Gasteiger partial charge on any atom is 0.265 e. The van der Waals surface area contributed by atoms with Crippen molar-refractivity contribution in [1.29, 1.82) is 0 Å². The summed E-state index contributed by atoms with van der Waals surface area (Å²) in [6, 6.07) is 16.2. The smallest absolute Gasteiger partial charge is 0.265 e. The molecule has 6 nitrogen and oxygen atoms in total. The fourth-order valence-electron chi connectivity index (χ4n) is 4.62. The Morgan fingerprint density at radius 3 is 2.44 bits per heavy atom. The van der Waals surface area contributed by atoms with Gasteiger partial charge in [-0.05, 0) is 48.9 Å². The molecule has 34 heavy (non-hydrogen) atoms. The largest absolute Gasteiger partial charge is 0.368 e. The summed E-state index contributed by atoms with van der Waals surface area (Å²) < 4.78 is 42.0. The van der Waals surface area contributed by atoms with Crippen LogP contribution in [-0.2, 0) is 14.8 Å². The Hall–Kier alpha value is -3.10. The molecule has 2 aliphatic heterocycles. The van der Waals surface area contributed by atoms with Gasteiger partial charge >= 0.3 is 0 Å². The van der Waals surface area contributed by atoms with Crippen LogP contribution in [-0.4, -0.2) is 51.9 Å². The van der Waals surface area contributed by atoms with Crippen molar-refractivity contribution in [2.45, 2.75) is 11.8 Å². The van der Waals surface area contributed by atoms with E-state index in [1.807, 2.05) is 25.1 Å². The highest BCUT2D eigenvalue weighted by molar-refractivity contribution is 7.93. The predicted molar refractivity (Wildman–Crippen MR) is 131 cm³/mol. The molecule has 0 bridgehead atoms. The molecular weight excluding hydrogens is 477 g/mol. The maximum atomic E-state index is 14.0. The number of carbonyl (C=O) groups is 1. The van der Waals surface area contributed by atoms with Crippen LogP contribution in [0.2, 0.25) is 5.02 Å². The number of rotatable bonds is 3. The number of anilines is 2. The molecule has 3 aromatic carbocycles. The van der Waals surface area contributed by atoms with Crippen molar-refractivity contribution in [3.05, 3.63) is 77.1 Å². The molecule has 0 aromatic heterocycles. The van der Waals surface area contributed by atoms with E-state index in [1.165, 1.54) is 24.3 Å². The van der Waals surface area contributed by atoms with Crippen molar-refractivity contribution in [1.82, 2.24) is 4.90 Å². The van der Waals surface area contributed by atoms with Gasteiger partial charge in [0.05, 0.1) is 10.6 Å². The van der Waals surface area contributed by atoms with Gasteiger partial charge < -0.3 is 9.80 Å². The fraction of sp³-hybridized carbons (Fsp3) is 0.240. The van der Waals surface area contributed by atoms with Gasteiger partial charge in [-0.2, -0.15) is 0 Å². The van der Waals surface area contributed by atoms with E-state index in [-0.39, 0.29) is 17.3 Å². The summed E-state index contributed by atoms with van der Waals surface area (Å²) in [6.45, 7) is 3.83. The van der Waals surface area contributed by atoms with Crippen LogP contribution in [0.25, 0.3) is 11.1 Å². The minimum absolute atomic E-state index is 0.0714. The molecule has 3 aromatic rings. The number of sulfonamides is 1. The number of hydrogen-bond donors (Lipinski definition) is 0. The second kappa shape index (κ2) is 8.60. The van der Waals surface area contributed by atoms with Crippen LogP contribution in [0.3, 0.4) is 0 Å². The minimum Gasteiger partial charge on any atom is -0.368 e. The normalized spacial score (nSPS) is 16.7. The van der Waals surface area contributed by atoms with Crippen molar-refractivity contribution in [2.75, 3.05) is 41.9 Å². The van der Waals surface area contributed by atoms with Crippen molar-refractivity contribution < 1.29 is 17.6 Å². The van der Waals surface area contributed by atoms with E-state index in [4.69, 9.17) is 11.6 Å². The quantitative estimate of drug-likeness (QED) is 0.538. The Morgan fingerprint density at radius 2 is 1.68 bits per heavy atom. The van der Waals surface area contributed by atoms with Gasteiger partial charge in [0.1, 0.15) is 12.4 Å². The fourth-order valence-corrected chi connectivity index (χ4v) is 6.43. The summed E-state index contributed by atoms with van der Waals surface area (Å²) in [5.74, 6) is -0.757.